The first kappa shape index (κ1) is 22.5. The van der Waals surface area contributed by atoms with Gasteiger partial charge in [-0.2, -0.15) is 13.2 Å². The van der Waals surface area contributed by atoms with Crippen LogP contribution in [-0.2, 0) is 26.8 Å². The van der Waals surface area contributed by atoms with E-state index >= 15 is 0 Å². The number of imidazole rings is 2. The highest BCUT2D eigenvalue weighted by Crippen LogP contribution is 2.30. The Bertz CT molecular complexity index is 1610. The van der Waals surface area contributed by atoms with Crippen LogP contribution in [-0.4, -0.2) is 33.6 Å². The van der Waals surface area contributed by atoms with Crippen LogP contribution < -0.4 is 5.69 Å². The number of alkyl halides is 3. The molecule has 5 rings (SSSR count). The first-order valence-corrected chi connectivity index (χ1v) is 10.7. The summed E-state index contributed by atoms with van der Waals surface area (Å²) in [5.41, 5.74) is 2.74. The summed E-state index contributed by atoms with van der Waals surface area (Å²) in [4.78, 5) is 30.0. The Morgan fingerprint density at radius 3 is 2.40 bits per heavy atom. The molecule has 0 atom stereocenters. The normalized spacial score (nSPS) is 11.9. The lowest BCUT2D eigenvalue weighted by Gasteiger charge is -2.07. The molecule has 5 aromatic rings. The molecule has 0 unspecified atom stereocenters. The Kier molecular flexibility index (Phi) is 5.27. The van der Waals surface area contributed by atoms with Crippen LogP contribution in [0.3, 0.4) is 0 Å². The first-order chi connectivity index (χ1) is 16.6. The number of hydrogen-bond donors (Lipinski definition) is 0. The minimum absolute atomic E-state index is 0.204. The van der Waals surface area contributed by atoms with Crippen molar-refractivity contribution in [2.45, 2.75) is 19.6 Å². The lowest BCUT2D eigenvalue weighted by molar-refractivity contribution is -0.140. The summed E-state index contributed by atoms with van der Waals surface area (Å²) in [6.45, 7) is 2.09. The number of benzene rings is 1. The maximum atomic E-state index is 13.0. The number of fused-ring (bicyclic) bond motifs is 1. The minimum Gasteiger partial charge on any atom is -0.333 e. The van der Waals surface area contributed by atoms with Gasteiger partial charge in [-0.05, 0) is 24.6 Å². The van der Waals surface area contributed by atoms with E-state index < -0.39 is 11.9 Å². The van der Waals surface area contributed by atoms with E-state index in [9.17, 15) is 18.0 Å². The molecule has 1 aromatic carbocycles. The number of hydrogen-bond acceptors (Lipinski definition) is 5. The molecule has 0 spiro atoms. The van der Waals surface area contributed by atoms with Gasteiger partial charge in [0.2, 0.25) is 0 Å². The van der Waals surface area contributed by atoms with Crippen LogP contribution >= 0.6 is 0 Å². The molecule has 11 heteroatoms. The van der Waals surface area contributed by atoms with E-state index in [0.717, 1.165) is 23.0 Å². The summed E-state index contributed by atoms with van der Waals surface area (Å²) in [6.07, 6.45) is -0.251. The first-order valence-electron chi connectivity index (χ1n) is 10.7. The molecule has 0 N–H and O–H groups in total. The fraction of sp³-hybridized carbons (Fsp3) is 0.208. The molecule has 0 bridgehead atoms. The number of aryl methyl sites for hydroxylation is 3. The molecule has 8 nitrogen and oxygen atoms in total. The molecule has 0 aliphatic rings. The summed E-state index contributed by atoms with van der Waals surface area (Å²) in [6, 6.07) is 10.6. The third kappa shape index (κ3) is 3.98. The van der Waals surface area contributed by atoms with Gasteiger partial charge in [0, 0.05) is 43.3 Å². The standard InChI is InChI=1S/C24H20F3N7O/c1-14-17(5-4-10-28-14)20-29-11-18-22(31-20)34(23(35)33(18)3)12-15-6-8-16(9-7-15)21-30-19(13-32(21)2)24(25,26)27/h4-11,13H,12H2,1-3H3. The second kappa shape index (κ2) is 8.19. The lowest BCUT2D eigenvalue weighted by Crippen LogP contribution is -2.22. The molecule has 35 heavy (non-hydrogen) atoms. The van der Waals surface area contributed by atoms with Crippen molar-refractivity contribution in [3.05, 3.63) is 82.4 Å². The minimum atomic E-state index is -4.51. The second-order valence-electron chi connectivity index (χ2n) is 8.22. The van der Waals surface area contributed by atoms with Crippen LogP contribution in [0.25, 0.3) is 33.9 Å². The predicted octanol–water partition coefficient (Wildman–Crippen LogP) is 3.97. The van der Waals surface area contributed by atoms with Crippen molar-refractivity contribution >= 4 is 11.2 Å². The summed E-state index contributed by atoms with van der Waals surface area (Å²) in [5, 5.41) is 0. The average molecular weight is 479 g/mol. The maximum absolute atomic E-state index is 13.0. The van der Waals surface area contributed by atoms with Gasteiger partial charge in [-0.1, -0.05) is 24.3 Å². The van der Waals surface area contributed by atoms with E-state index in [4.69, 9.17) is 0 Å². The third-order valence-corrected chi connectivity index (χ3v) is 5.85. The molecular formula is C24H20F3N7O. The van der Waals surface area contributed by atoms with Gasteiger partial charge in [-0.15, -0.1) is 0 Å². The lowest BCUT2D eigenvalue weighted by atomic mass is 10.1. The van der Waals surface area contributed by atoms with E-state index in [2.05, 4.69) is 19.9 Å². The van der Waals surface area contributed by atoms with Crippen molar-refractivity contribution in [3.63, 3.8) is 0 Å². The van der Waals surface area contributed by atoms with Gasteiger partial charge in [-0.3, -0.25) is 14.1 Å². The van der Waals surface area contributed by atoms with E-state index in [1.54, 1.807) is 54.3 Å². The van der Waals surface area contributed by atoms with E-state index in [-0.39, 0.29) is 18.1 Å². The topological polar surface area (TPSA) is 83.4 Å². The van der Waals surface area contributed by atoms with Gasteiger partial charge in [0.25, 0.3) is 0 Å². The summed E-state index contributed by atoms with van der Waals surface area (Å²) in [7, 11) is 3.17. The molecule has 4 aromatic heterocycles. The second-order valence-corrected chi connectivity index (χ2v) is 8.22. The zero-order valence-corrected chi connectivity index (χ0v) is 19.1. The largest absolute Gasteiger partial charge is 0.434 e. The molecule has 4 heterocycles. The van der Waals surface area contributed by atoms with Crippen molar-refractivity contribution in [2.24, 2.45) is 14.1 Å². The van der Waals surface area contributed by atoms with Crippen LogP contribution in [0.2, 0.25) is 0 Å². The molecule has 0 fully saturated rings. The van der Waals surface area contributed by atoms with Crippen molar-refractivity contribution in [3.8, 4) is 22.8 Å². The molecule has 0 amide bonds. The van der Waals surface area contributed by atoms with Crippen molar-refractivity contribution in [2.75, 3.05) is 0 Å². The van der Waals surface area contributed by atoms with Gasteiger partial charge >= 0.3 is 11.9 Å². The molecule has 0 saturated heterocycles. The predicted molar refractivity (Wildman–Crippen MR) is 123 cm³/mol. The Labute approximate surface area is 197 Å². The zero-order valence-electron chi connectivity index (χ0n) is 19.1. The Balaban J connectivity index is 1.51. The van der Waals surface area contributed by atoms with Gasteiger partial charge in [0.15, 0.2) is 17.2 Å². The van der Waals surface area contributed by atoms with Gasteiger partial charge in [0.05, 0.1) is 12.7 Å². The van der Waals surface area contributed by atoms with E-state index in [0.29, 0.717) is 22.6 Å². The van der Waals surface area contributed by atoms with Gasteiger partial charge < -0.3 is 4.57 Å². The van der Waals surface area contributed by atoms with Crippen LogP contribution in [0.5, 0.6) is 0 Å². The average Bonchev–Trinajstić information content (AvgIpc) is 3.33. The molecule has 0 aliphatic heterocycles. The fourth-order valence-electron chi connectivity index (χ4n) is 3.98. The Hall–Kier alpha value is -4.28. The molecule has 178 valence electrons. The number of rotatable bonds is 4. The fourth-order valence-corrected chi connectivity index (χ4v) is 3.98. The van der Waals surface area contributed by atoms with Gasteiger partial charge in [-0.25, -0.2) is 19.7 Å². The van der Waals surface area contributed by atoms with E-state index in [1.807, 2.05) is 13.0 Å². The van der Waals surface area contributed by atoms with Crippen molar-refractivity contribution in [1.29, 1.82) is 0 Å². The quantitative estimate of drug-likeness (QED) is 0.390. The van der Waals surface area contributed by atoms with E-state index in [1.165, 1.54) is 16.2 Å². The van der Waals surface area contributed by atoms with Crippen LogP contribution in [0.4, 0.5) is 13.2 Å². The number of halogens is 3. The summed E-state index contributed by atoms with van der Waals surface area (Å²) in [5.74, 6) is 0.670. The van der Waals surface area contributed by atoms with Crippen LogP contribution in [0.15, 0.2) is 59.8 Å². The molecule has 0 aliphatic carbocycles. The number of nitrogens with zero attached hydrogens (tertiary/aromatic N) is 7. The molecular weight excluding hydrogens is 459 g/mol. The Morgan fingerprint density at radius 1 is 1.00 bits per heavy atom. The highest BCUT2D eigenvalue weighted by Gasteiger charge is 2.34. The number of aromatic nitrogens is 7. The highest BCUT2D eigenvalue weighted by molar-refractivity contribution is 5.74. The smallest absolute Gasteiger partial charge is 0.333 e. The van der Waals surface area contributed by atoms with Crippen LogP contribution in [0.1, 0.15) is 17.0 Å². The highest BCUT2D eigenvalue weighted by atomic mass is 19.4. The molecule has 0 saturated carbocycles. The Morgan fingerprint density at radius 2 is 1.74 bits per heavy atom. The zero-order chi connectivity index (χ0) is 24.9. The monoisotopic (exact) mass is 479 g/mol. The third-order valence-electron chi connectivity index (χ3n) is 5.85. The van der Waals surface area contributed by atoms with Crippen LogP contribution in [0, 0.1) is 6.92 Å². The summed E-state index contributed by atoms with van der Waals surface area (Å²) >= 11 is 0. The maximum Gasteiger partial charge on any atom is 0.434 e. The summed E-state index contributed by atoms with van der Waals surface area (Å²) < 4.78 is 43.4. The van der Waals surface area contributed by atoms with Crippen molar-refractivity contribution < 1.29 is 13.2 Å². The number of pyridine rings is 1. The SMILES string of the molecule is Cc1ncccc1-c1ncc2c(n1)n(Cc1ccc(-c3nc(C(F)(F)F)cn3C)cc1)c(=O)n2C. The van der Waals surface area contributed by atoms with Crippen molar-refractivity contribution in [1.82, 2.24) is 33.6 Å². The van der Waals surface area contributed by atoms with Gasteiger partial charge in [0.1, 0.15) is 11.3 Å². The molecule has 0 radical (unpaired) electrons.